The minimum absolute atomic E-state index is 0.226. The molecule has 0 fully saturated rings. The van der Waals surface area contributed by atoms with Crippen molar-refractivity contribution in [3.63, 3.8) is 0 Å². The summed E-state index contributed by atoms with van der Waals surface area (Å²) in [6.45, 7) is -0.939. The lowest BCUT2D eigenvalue weighted by atomic mass is 10.0. The van der Waals surface area contributed by atoms with Crippen LogP contribution in [0.25, 0.3) is 0 Å². The van der Waals surface area contributed by atoms with Crippen molar-refractivity contribution >= 4 is 17.3 Å². The minimum Gasteiger partial charge on any atom is -0.477 e. The first-order chi connectivity index (χ1) is 8.06. The Bertz CT molecular complexity index is 366. The SMILES string of the molecule is O=C(O)c1ccc(CNC(CO)(CO)CO)s1. The molecular weight excluding hydrogens is 246 g/mol. The maximum Gasteiger partial charge on any atom is 0.345 e. The Kier molecular flexibility index (Phi) is 5.03. The molecule has 0 aliphatic carbocycles. The van der Waals surface area contributed by atoms with Crippen LogP contribution in [0, 0.1) is 0 Å². The van der Waals surface area contributed by atoms with Crippen molar-refractivity contribution in [1.82, 2.24) is 5.32 Å². The van der Waals surface area contributed by atoms with E-state index >= 15 is 0 Å². The molecule has 0 spiro atoms. The Hall–Kier alpha value is -0.990. The number of rotatable bonds is 7. The second-order valence-electron chi connectivity index (χ2n) is 3.68. The quantitative estimate of drug-likeness (QED) is 0.442. The molecule has 1 heterocycles. The number of hydrogen-bond donors (Lipinski definition) is 5. The Labute approximate surface area is 102 Å². The molecule has 0 bridgehead atoms. The maximum absolute atomic E-state index is 10.7. The summed E-state index contributed by atoms with van der Waals surface area (Å²) in [5.41, 5.74) is -1.15. The number of thiophene rings is 1. The third-order valence-electron chi connectivity index (χ3n) is 2.42. The van der Waals surface area contributed by atoms with Gasteiger partial charge in [0.25, 0.3) is 0 Å². The Morgan fingerprint density at radius 1 is 1.24 bits per heavy atom. The molecule has 0 saturated heterocycles. The van der Waals surface area contributed by atoms with E-state index < -0.39 is 31.3 Å². The molecule has 0 aliphatic heterocycles. The van der Waals surface area contributed by atoms with Gasteiger partial charge < -0.3 is 25.7 Å². The zero-order chi connectivity index (χ0) is 12.9. The van der Waals surface area contributed by atoms with Gasteiger partial charge in [0.15, 0.2) is 0 Å². The molecule has 17 heavy (non-hydrogen) atoms. The second kappa shape index (κ2) is 6.08. The smallest absolute Gasteiger partial charge is 0.345 e. The number of carbonyl (C=O) groups is 1. The van der Waals surface area contributed by atoms with E-state index in [4.69, 9.17) is 20.4 Å². The van der Waals surface area contributed by atoms with E-state index in [1.165, 1.54) is 6.07 Å². The molecule has 5 N–H and O–H groups in total. The molecule has 1 aromatic rings. The third kappa shape index (κ3) is 3.48. The van der Waals surface area contributed by atoms with Crippen LogP contribution < -0.4 is 5.32 Å². The number of hydrogen-bond acceptors (Lipinski definition) is 6. The first-order valence-corrected chi connectivity index (χ1v) is 5.78. The number of nitrogens with one attached hydrogen (secondary N) is 1. The standard InChI is InChI=1S/C10H15NO5S/c12-4-10(5-13,6-14)11-3-7-1-2-8(17-7)9(15)16/h1-2,11-14H,3-6H2,(H,15,16). The highest BCUT2D eigenvalue weighted by Crippen LogP contribution is 2.17. The van der Waals surface area contributed by atoms with E-state index in [1.807, 2.05) is 0 Å². The van der Waals surface area contributed by atoms with Crippen LogP contribution in [-0.2, 0) is 6.54 Å². The summed E-state index contributed by atoms with van der Waals surface area (Å²) in [6, 6.07) is 3.14. The zero-order valence-corrected chi connectivity index (χ0v) is 9.90. The van der Waals surface area contributed by atoms with Crippen LogP contribution in [0.3, 0.4) is 0 Å². The van der Waals surface area contributed by atoms with Crippen molar-refractivity contribution in [3.8, 4) is 0 Å². The van der Waals surface area contributed by atoms with Gasteiger partial charge >= 0.3 is 5.97 Å². The van der Waals surface area contributed by atoms with Crippen LogP contribution in [0.1, 0.15) is 14.5 Å². The van der Waals surface area contributed by atoms with Gasteiger partial charge in [0.1, 0.15) is 4.88 Å². The molecule has 0 unspecified atom stereocenters. The first kappa shape index (κ1) is 14.1. The highest BCUT2D eigenvalue weighted by molar-refractivity contribution is 7.13. The molecule has 0 aromatic carbocycles. The van der Waals surface area contributed by atoms with Gasteiger partial charge in [0.2, 0.25) is 0 Å². The van der Waals surface area contributed by atoms with Crippen LogP contribution in [0.4, 0.5) is 0 Å². The lowest BCUT2D eigenvalue weighted by Gasteiger charge is -2.28. The minimum atomic E-state index is -1.15. The van der Waals surface area contributed by atoms with Gasteiger partial charge in [-0.15, -0.1) is 11.3 Å². The fourth-order valence-electron chi connectivity index (χ4n) is 1.18. The topological polar surface area (TPSA) is 110 Å². The average Bonchev–Trinajstić information content (AvgIpc) is 2.81. The van der Waals surface area contributed by atoms with E-state index in [9.17, 15) is 4.79 Å². The number of aliphatic hydroxyl groups is 3. The Morgan fingerprint density at radius 2 is 1.82 bits per heavy atom. The van der Waals surface area contributed by atoms with E-state index in [1.54, 1.807) is 6.07 Å². The molecule has 6 nitrogen and oxygen atoms in total. The van der Waals surface area contributed by atoms with Crippen LogP contribution in [0.15, 0.2) is 12.1 Å². The summed E-state index contributed by atoms with van der Waals surface area (Å²) in [4.78, 5) is 11.6. The van der Waals surface area contributed by atoms with Crippen LogP contribution >= 0.6 is 11.3 Å². The summed E-state index contributed by atoms with van der Waals surface area (Å²) < 4.78 is 0. The molecule has 0 aliphatic rings. The van der Waals surface area contributed by atoms with Gasteiger partial charge in [-0.3, -0.25) is 0 Å². The summed E-state index contributed by atoms with van der Waals surface area (Å²) in [6.07, 6.45) is 0. The van der Waals surface area contributed by atoms with E-state index in [0.29, 0.717) is 0 Å². The van der Waals surface area contributed by atoms with Gasteiger partial charge in [-0.25, -0.2) is 4.79 Å². The number of aliphatic hydroxyl groups excluding tert-OH is 3. The summed E-state index contributed by atoms with van der Waals surface area (Å²) in [5, 5.41) is 38.8. The van der Waals surface area contributed by atoms with Crippen molar-refractivity contribution in [1.29, 1.82) is 0 Å². The first-order valence-electron chi connectivity index (χ1n) is 4.96. The Balaban J connectivity index is 2.62. The van der Waals surface area contributed by atoms with E-state index in [-0.39, 0.29) is 11.4 Å². The van der Waals surface area contributed by atoms with Gasteiger partial charge in [-0.1, -0.05) is 0 Å². The van der Waals surface area contributed by atoms with Gasteiger partial charge in [-0.2, -0.15) is 0 Å². The highest BCUT2D eigenvalue weighted by Gasteiger charge is 2.27. The van der Waals surface area contributed by atoms with Gasteiger partial charge in [-0.05, 0) is 12.1 Å². The summed E-state index contributed by atoms with van der Waals surface area (Å²) in [5.74, 6) is -0.987. The monoisotopic (exact) mass is 261 g/mol. The molecule has 0 amide bonds. The highest BCUT2D eigenvalue weighted by atomic mass is 32.1. The van der Waals surface area contributed by atoms with E-state index in [2.05, 4.69) is 5.32 Å². The lowest BCUT2D eigenvalue weighted by molar-refractivity contribution is 0.0415. The molecule has 1 rings (SSSR count). The predicted octanol–water partition coefficient (Wildman–Crippen LogP) is -0.748. The third-order valence-corrected chi connectivity index (χ3v) is 3.49. The van der Waals surface area contributed by atoms with Crippen molar-refractivity contribution in [2.45, 2.75) is 12.1 Å². The van der Waals surface area contributed by atoms with Crippen LogP contribution in [-0.4, -0.2) is 51.8 Å². The molecule has 1 aromatic heterocycles. The predicted molar refractivity (Wildman–Crippen MR) is 62.1 cm³/mol. The van der Waals surface area contributed by atoms with E-state index in [0.717, 1.165) is 16.2 Å². The molecule has 0 atom stereocenters. The summed E-state index contributed by atoms with van der Waals surface area (Å²) in [7, 11) is 0. The van der Waals surface area contributed by atoms with Crippen molar-refractivity contribution in [2.75, 3.05) is 19.8 Å². The molecule has 0 saturated carbocycles. The van der Waals surface area contributed by atoms with Crippen molar-refractivity contribution < 1.29 is 25.2 Å². The lowest BCUT2D eigenvalue weighted by Crippen LogP contribution is -2.54. The number of carboxylic acid groups (broad SMARTS) is 1. The van der Waals surface area contributed by atoms with Crippen LogP contribution in [0.2, 0.25) is 0 Å². The van der Waals surface area contributed by atoms with Crippen LogP contribution in [0.5, 0.6) is 0 Å². The number of aromatic carboxylic acids is 1. The van der Waals surface area contributed by atoms with Gasteiger partial charge in [0, 0.05) is 11.4 Å². The maximum atomic E-state index is 10.7. The number of carboxylic acids is 1. The average molecular weight is 261 g/mol. The van der Waals surface area contributed by atoms with Gasteiger partial charge in [0.05, 0.1) is 25.4 Å². The largest absolute Gasteiger partial charge is 0.477 e. The Morgan fingerprint density at radius 3 is 2.24 bits per heavy atom. The summed E-state index contributed by atoms with van der Waals surface area (Å²) >= 11 is 1.11. The fraction of sp³-hybridized carbons (Fsp3) is 0.500. The molecule has 0 radical (unpaired) electrons. The molecular formula is C10H15NO5S. The van der Waals surface area contributed by atoms with Crippen molar-refractivity contribution in [2.24, 2.45) is 0 Å². The molecule has 7 heteroatoms. The zero-order valence-electron chi connectivity index (χ0n) is 9.09. The second-order valence-corrected chi connectivity index (χ2v) is 4.85. The molecule has 96 valence electrons. The fourth-order valence-corrected chi connectivity index (χ4v) is 1.97. The van der Waals surface area contributed by atoms with Crippen molar-refractivity contribution in [3.05, 3.63) is 21.9 Å². The normalized spacial score (nSPS) is 11.7.